The lowest BCUT2D eigenvalue weighted by atomic mass is 9.97. The van der Waals surface area contributed by atoms with Crippen LogP contribution < -0.4 is 21.1 Å². The summed E-state index contributed by atoms with van der Waals surface area (Å²) < 4.78 is 62.2. The fraction of sp³-hybridized carbons (Fsp3) is 0.222. The van der Waals surface area contributed by atoms with Gasteiger partial charge in [0, 0.05) is 22.4 Å². The molecule has 0 saturated heterocycles. The van der Waals surface area contributed by atoms with Crippen LogP contribution >= 0.6 is 0 Å². The van der Waals surface area contributed by atoms with E-state index in [0.717, 1.165) is 17.0 Å². The fourth-order valence-electron chi connectivity index (χ4n) is 4.33. The Bertz CT molecular complexity index is 1730. The maximum Gasteiger partial charge on any atom is 0.411 e. The van der Waals surface area contributed by atoms with Crippen molar-refractivity contribution >= 4 is 28.8 Å². The molecule has 1 aliphatic rings. The number of hydrogen-bond donors (Lipinski definition) is 3. The number of nitrogens with two attached hydrogens (primary N) is 1. The predicted molar refractivity (Wildman–Crippen MR) is 142 cm³/mol. The molecule has 0 radical (unpaired) electrons. The van der Waals surface area contributed by atoms with Gasteiger partial charge in [0.1, 0.15) is 34.6 Å². The molecule has 2 heterocycles. The summed E-state index contributed by atoms with van der Waals surface area (Å²) in [6.07, 6.45) is -3.85. The van der Waals surface area contributed by atoms with Crippen LogP contribution in [0.1, 0.15) is 30.1 Å². The van der Waals surface area contributed by atoms with E-state index >= 15 is 4.39 Å². The Hall–Kier alpha value is -5.01. The maximum absolute atomic E-state index is 15.4. The van der Waals surface area contributed by atoms with Gasteiger partial charge < -0.3 is 21.1 Å². The van der Waals surface area contributed by atoms with Gasteiger partial charge in [-0.3, -0.25) is 9.59 Å². The monoisotopic (exact) mass is 569 g/mol. The third-order valence-electron chi connectivity index (χ3n) is 6.72. The Morgan fingerprint density at radius 1 is 1.17 bits per heavy atom. The van der Waals surface area contributed by atoms with E-state index in [1.165, 1.54) is 44.4 Å². The van der Waals surface area contributed by atoms with Crippen LogP contribution in [0.25, 0.3) is 27.9 Å². The maximum atomic E-state index is 15.4. The van der Waals surface area contributed by atoms with Gasteiger partial charge in [0.15, 0.2) is 5.82 Å². The molecule has 14 heteroatoms. The molecule has 2 aromatic heterocycles. The van der Waals surface area contributed by atoms with Gasteiger partial charge in [-0.1, -0.05) is 12.6 Å². The zero-order valence-corrected chi connectivity index (χ0v) is 21.8. The first kappa shape index (κ1) is 27.6. The van der Waals surface area contributed by atoms with Crippen molar-refractivity contribution in [2.75, 3.05) is 18.2 Å². The van der Waals surface area contributed by atoms with E-state index in [-0.39, 0.29) is 63.6 Å². The largest absolute Gasteiger partial charge is 0.496 e. The van der Waals surface area contributed by atoms with E-state index in [2.05, 4.69) is 32.4 Å². The van der Waals surface area contributed by atoms with Gasteiger partial charge in [-0.05, 0) is 55.7 Å². The fourth-order valence-corrected chi connectivity index (χ4v) is 4.33. The molecule has 5 rings (SSSR count). The number of anilines is 2. The van der Waals surface area contributed by atoms with Gasteiger partial charge in [-0.15, -0.1) is 14.8 Å². The number of halogens is 4. The molecule has 41 heavy (non-hydrogen) atoms. The second-order valence-corrected chi connectivity index (χ2v) is 9.59. The number of amides is 2. The van der Waals surface area contributed by atoms with Crippen LogP contribution in [0, 0.1) is 5.82 Å². The third-order valence-corrected chi connectivity index (χ3v) is 6.72. The average molecular weight is 570 g/mol. The van der Waals surface area contributed by atoms with Crippen LogP contribution in [0.4, 0.5) is 29.1 Å². The van der Waals surface area contributed by atoms with Gasteiger partial charge in [0.05, 0.1) is 12.7 Å². The Morgan fingerprint density at radius 2 is 1.90 bits per heavy atom. The standard InChI is InChI=1S/C27H23F4N7O3/c1-13(2)24(39)35-15-5-7-16(18(28)11-15)21-20(22-23(32)33-12-34-38(22)37-21)14-4-6-17(19(10-14)41-3)25(40)36-26(8-9-26)27(29,30)31/h4-7,10-12H,1,8-9H2,2-3H3,(H,35,39)(H,36,40)(H2,32,33,34). The quantitative estimate of drug-likeness (QED) is 0.220. The number of carbonyl (C=O) groups is 2. The van der Waals surface area contributed by atoms with Crippen LogP contribution in [-0.2, 0) is 4.79 Å². The lowest BCUT2D eigenvalue weighted by Crippen LogP contribution is -2.47. The lowest BCUT2D eigenvalue weighted by Gasteiger charge is -2.21. The summed E-state index contributed by atoms with van der Waals surface area (Å²) in [6.45, 7) is 5.06. The Kier molecular flexibility index (Phi) is 6.63. The minimum Gasteiger partial charge on any atom is -0.496 e. The van der Waals surface area contributed by atoms with E-state index in [1.54, 1.807) is 0 Å². The summed E-state index contributed by atoms with van der Waals surface area (Å²) in [5.41, 5.74) is 5.14. The second-order valence-electron chi connectivity index (χ2n) is 9.59. The first-order valence-electron chi connectivity index (χ1n) is 12.2. The van der Waals surface area contributed by atoms with Crippen molar-refractivity contribution in [2.45, 2.75) is 31.5 Å². The molecule has 2 amide bonds. The van der Waals surface area contributed by atoms with Crippen molar-refractivity contribution in [3.8, 4) is 28.1 Å². The summed E-state index contributed by atoms with van der Waals surface area (Å²) in [5, 5.41) is 13.1. The van der Waals surface area contributed by atoms with Crippen molar-refractivity contribution in [3.05, 3.63) is 66.3 Å². The van der Waals surface area contributed by atoms with Gasteiger partial charge >= 0.3 is 6.18 Å². The van der Waals surface area contributed by atoms with Gasteiger partial charge in [0.25, 0.3) is 11.8 Å². The van der Waals surface area contributed by atoms with Gasteiger partial charge in [0.2, 0.25) is 0 Å². The Labute approximate surface area is 230 Å². The Balaban J connectivity index is 1.60. The number of fused-ring (bicyclic) bond motifs is 1. The number of hydrogen-bond acceptors (Lipinski definition) is 7. The molecule has 0 unspecified atom stereocenters. The number of benzene rings is 2. The normalized spacial score (nSPS) is 14.0. The predicted octanol–water partition coefficient (Wildman–Crippen LogP) is 4.53. The number of rotatable bonds is 7. The molecule has 0 atom stereocenters. The number of nitrogen functional groups attached to an aromatic ring is 1. The number of aromatic nitrogens is 4. The molecule has 1 aliphatic carbocycles. The van der Waals surface area contributed by atoms with Crippen LogP contribution in [0.5, 0.6) is 5.75 Å². The van der Waals surface area contributed by atoms with Crippen molar-refractivity contribution in [1.29, 1.82) is 0 Å². The van der Waals surface area contributed by atoms with E-state index in [4.69, 9.17) is 10.5 Å². The molecule has 10 nitrogen and oxygen atoms in total. The molecule has 4 N–H and O–H groups in total. The van der Waals surface area contributed by atoms with Crippen LogP contribution in [-0.4, -0.2) is 50.5 Å². The molecule has 1 fully saturated rings. The molecule has 2 aromatic carbocycles. The van der Waals surface area contributed by atoms with Gasteiger partial charge in [-0.25, -0.2) is 9.37 Å². The highest BCUT2D eigenvalue weighted by molar-refractivity contribution is 6.03. The molecule has 1 saturated carbocycles. The van der Waals surface area contributed by atoms with Crippen molar-refractivity contribution in [3.63, 3.8) is 0 Å². The highest BCUT2D eigenvalue weighted by atomic mass is 19.4. The molecular formula is C27H23F4N7O3. The molecule has 212 valence electrons. The minimum atomic E-state index is -4.59. The topological polar surface area (TPSA) is 137 Å². The number of carbonyl (C=O) groups excluding carboxylic acids is 2. The number of nitrogens with one attached hydrogen (secondary N) is 2. The molecule has 0 spiro atoms. The van der Waals surface area contributed by atoms with Crippen molar-refractivity contribution < 1.29 is 31.9 Å². The summed E-state index contributed by atoms with van der Waals surface area (Å²) in [4.78, 5) is 28.8. The second kappa shape index (κ2) is 9.87. The first-order valence-corrected chi connectivity index (χ1v) is 12.2. The van der Waals surface area contributed by atoms with Crippen molar-refractivity contribution in [2.24, 2.45) is 0 Å². The lowest BCUT2D eigenvalue weighted by molar-refractivity contribution is -0.163. The summed E-state index contributed by atoms with van der Waals surface area (Å²) in [5.74, 6) is -2.18. The first-order chi connectivity index (χ1) is 19.3. The van der Waals surface area contributed by atoms with E-state index in [9.17, 15) is 22.8 Å². The molecular weight excluding hydrogens is 546 g/mol. The summed E-state index contributed by atoms with van der Waals surface area (Å²) in [7, 11) is 1.26. The van der Waals surface area contributed by atoms with Crippen LogP contribution in [0.3, 0.4) is 0 Å². The highest BCUT2D eigenvalue weighted by Crippen LogP contribution is 2.49. The summed E-state index contributed by atoms with van der Waals surface area (Å²) in [6, 6.07) is 8.16. The minimum absolute atomic E-state index is 0.0149. The number of methoxy groups -OCH3 is 1. The zero-order valence-electron chi connectivity index (χ0n) is 21.8. The van der Waals surface area contributed by atoms with Crippen LogP contribution in [0.2, 0.25) is 0 Å². The highest BCUT2D eigenvalue weighted by Gasteiger charge is 2.64. The summed E-state index contributed by atoms with van der Waals surface area (Å²) >= 11 is 0. The van der Waals surface area contributed by atoms with Gasteiger partial charge in [-0.2, -0.15) is 13.2 Å². The Morgan fingerprint density at radius 3 is 2.51 bits per heavy atom. The smallest absolute Gasteiger partial charge is 0.411 e. The van der Waals surface area contributed by atoms with E-state index in [1.807, 2.05) is 0 Å². The average Bonchev–Trinajstić information content (AvgIpc) is 3.60. The van der Waals surface area contributed by atoms with Crippen LogP contribution in [0.15, 0.2) is 54.9 Å². The molecule has 0 aliphatic heterocycles. The number of ether oxygens (including phenoxy) is 1. The third kappa shape index (κ3) is 4.92. The van der Waals surface area contributed by atoms with E-state index < -0.39 is 29.3 Å². The molecule has 4 aromatic rings. The van der Waals surface area contributed by atoms with Crippen molar-refractivity contribution in [1.82, 2.24) is 25.1 Å². The SMILES string of the molecule is C=C(C)C(=O)Nc1ccc(-c2nn3ncnc(N)c3c2-c2ccc(C(=O)NC3(C(F)(F)F)CC3)c(OC)c2)c(F)c1. The van der Waals surface area contributed by atoms with E-state index in [0.29, 0.717) is 5.56 Å². The zero-order chi connectivity index (χ0) is 29.7. The molecule has 0 bridgehead atoms. The number of alkyl halides is 3. The number of nitrogens with zero attached hydrogens (tertiary/aromatic N) is 4.